The molecule has 0 atom stereocenters. The highest BCUT2D eigenvalue weighted by atomic mass is 15.2. The molecule has 0 saturated carbocycles. The Labute approximate surface area is 95.2 Å². The van der Waals surface area contributed by atoms with E-state index in [0.29, 0.717) is 0 Å². The van der Waals surface area contributed by atoms with Gasteiger partial charge in [-0.05, 0) is 22.4 Å². The van der Waals surface area contributed by atoms with Gasteiger partial charge in [0.1, 0.15) is 0 Å². The maximum Gasteiger partial charge on any atom is 0.0870 e. The van der Waals surface area contributed by atoms with Crippen LogP contribution in [0.15, 0.2) is 54.9 Å². The second-order valence-electron chi connectivity index (χ2n) is 4.11. The third-order valence-corrected chi connectivity index (χ3v) is 2.90. The molecule has 0 spiro atoms. The molecular weight excluding hydrogens is 196 g/mol. The number of hydrogen-bond acceptors (Lipinski definition) is 2. The molecule has 1 heterocycles. The number of nitrogens with one attached hydrogen (secondary N) is 1. The van der Waals surface area contributed by atoms with E-state index in [1.807, 2.05) is 6.20 Å². The van der Waals surface area contributed by atoms with Crippen molar-refractivity contribution in [2.75, 3.05) is 6.67 Å². The minimum Gasteiger partial charge on any atom is -0.373 e. The fourth-order valence-corrected chi connectivity index (χ4v) is 2.06. The number of nitrogens with zero attached hydrogens (tertiary/aromatic N) is 1. The van der Waals surface area contributed by atoms with Crippen molar-refractivity contribution in [3.63, 3.8) is 0 Å². The van der Waals surface area contributed by atoms with Gasteiger partial charge in [-0.2, -0.15) is 0 Å². The molecule has 0 radical (unpaired) electrons. The maximum atomic E-state index is 3.18. The summed E-state index contributed by atoms with van der Waals surface area (Å²) in [6.07, 6.45) is 4.08. The Kier molecular flexibility index (Phi) is 2.26. The van der Waals surface area contributed by atoms with Crippen LogP contribution >= 0.6 is 0 Å². The van der Waals surface area contributed by atoms with Gasteiger partial charge in [0.2, 0.25) is 0 Å². The van der Waals surface area contributed by atoms with Gasteiger partial charge in [0.15, 0.2) is 0 Å². The van der Waals surface area contributed by atoms with Crippen LogP contribution in [-0.4, -0.2) is 11.6 Å². The first-order chi connectivity index (χ1) is 7.92. The van der Waals surface area contributed by atoms with E-state index in [4.69, 9.17) is 0 Å². The molecule has 2 nitrogen and oxygen atoms in total. The van der Waals surface area contributed by atoms with Crippen LogP contribution < -0.4 is 5.32 Å². The first-order valence-electron chi connectivity index (χ1n) is 5.54. The Morgan fingerprint density at radius 1 is 1.06 bits per heavy atom. The zero-order valence-corrected chi connectivity index (χ0v) is 9.06. The van der Waals surface area contributed by atoms with Crippen molar-refractivity contribution in [1.82, 2.24) is 10.2 Å². The fourth-order valence-electron chi connectivity index (χ4n) is 2.06. The van der Waals surface area contributed by atoms with Crippen molar-refractivity contribution in [3.8, 4) is 0 Å². The largest absolute Gasteiger partial charge is 0.373 e. The summed E-state index contributed by atoms with van der Waals surface area (Å²) >= 11 is 0. The summed E-state index contributed by atoms with van der Waals surface area (Å²) in [6, 6.07) is 15.1. The Bertz CT molecular complexity index is 531. The van der Waals surface area contributed by atoms with Crippen LogP contribution in [0.1, 0.15) is 5.56 Å². The summed E-state index contributed by atoms with van der Waals surface area (Å²) in [5.74, 6) is 0. The van der Waals surface area contributed by atoms with Gasteiger partial charge >= 0.3 is 0 Å². The van der Waals surface area contributed by atoms with E-state index in [-0.39, 0.29) is 0 Å². The average Bonchev–Trinajstić information content (AvgIpc) is 2.82. The molecule has 2 aromatic rings. The lowest BCUT2D eigenvalue weighted by Gasteiger charge is -2.14. The topological polar surface area (TPSA) is 15.3 Å². The summed E-state index contributed by atoms with van der Waals surface area (Å²) in [6.45, 7) is 1.88. The molecule has 80 valence electrons. The molecule has 0 bridgehead atoms. The zero-order chi connectivity index (χ0) is 10.8. The summed E-state index contributed by atoms with van der Waals surface area (Å²) in [5.41, 5.74) is 1.35. The van der Waals surface area contributed by atoms with Crippen molar-refractivity contribution in [2.45, 2.75) is 6.54 Å². The number of fused-ring (bicyclic) bond motifs is 1. The highest BCUT2D eigenvalue weighted by Gasteiger charge is 2.04. The SMILES string of the molecule is C1=CN(Cc2ccc3ccccc3c2)CN1. The lowest BCUT2D eigenvalue weighted by molar-refractivity contribution is 0.385. The van der Waals surface area contributed by atoms with Crippen LogP contribution in [0, 0.1) is 0 Å². The predicted molar refractivity (Wildman–Crippen MR) is 66.6 cm³/mol. The van der Waals surface area contributed by atoms with Crippen molar-refractivity contribution in [2.24, 2.45) is 0 Å². The van der Waals surface area contributed by atoms with E-state index >= 15 is 0 Å². The quantitative estimate of drug-likeness (QED) is 0.819. The van der Waals surface area contributed by atoms with E-state index in [2.05, 4.69) is 58.9 Å². The summed E-state index contributed by atoms with van der Waals surface area (Å²) in [7, 11) is 0. The number of benzene rings is 2. The highest BCUT2D eigenvalue weighted by Crippen LogP contribution is 2.17. The lowest BCUT2D eigenvalue weighted by atomic mass is 10.1. The molecule has 0 aromatic heterocycles. The van der Waals surface area contributed by atoms with Crippen molar-refractivity contribution < 1.29 is 0 Å². The second kappa shape index (κ2) is 3.89. The monoisotopic (exact) mass is 210 g/mol. The fraction of sp³-hybridized carbons (Fsp3) is 0.143. The minimum absolute atomic E-state index is 0.910. The third-order valence-electron chi connectivity index (χ3n) is 2.90. The lowest BCUT2D eigenvalue weighted by Crippen LogP contribution is -2.19. The van der Waals surface area contributed by atoms with Crippen LogP contribution in [0.5, 0.6) is 0 Å². The van der Waals surface area contributed by atoms with Gasteiger partial charge in [0.05, 0.1) is 6.67 Å². The number of hydrogen-bond donors (Lipinski definition) is 1. The van der Waals surface area contributed by atoms with Crippen molar-refractivity contribution >= 4 is 10.8 Å². The van der Waals surface area contributed by atoms with Crippen LogP contribution in [-0.2, 0) is 6.54 Å². The van der Waals surface area contributed by atoms with Gasteiger partial charge in [0.25, 0.3) is 0 Å². The van der Waals surface area contributed by atoms with Crippen LogP contribution in [0.2, 0.25) is 0 Å². The van der Waals surface area contributed by atoms with Crippen molar-refractivity contribution in [3.05, 3.63) is 60.4 Å². The third kappa shape index (κ3) is 1.74. The Morgan fingerprint density at radius 2 is 1.94 bits per heavy atom. The van der Waals surface area contributed by atoms with Crippen LogP contribution in [0.4, 0.5) is 0 Å². The second-order valence-corrected chi connectivity index (χ2v) is 4.11. The Hall–Kier alpha value is -1.96. The van der Waals surface area contributed by atoms with E-state index in [1.165, 1.54) is 16.3 Å². The van der Waals surface area contributed by atoms with E-state index in [9.17, 15) is 0 Å². The van der Waals surface area contributed by atoms with E-state index in [0.717, 1.165) is 13.2 Å². The Morgan fingerprint density at radius 3 is 2.75 bits per heavy atom. The molecule has 0 aliphatic carbocycles. The molecule has 0 fully saturated rings. The zero-order valence-electron chi connectivity index (χ0n) is 9.06. The van der Waals surface area contributed by atoms with Gasteiger partial charge in [-0.1, -0.05) is 36.4 Å². The van der Waals surface area contributed by atoms with Gasteiger partial charge in [-0.25, -0.2) is 0 Å². The van der Waals surface area contributed by atoms with E-state index in [1.54, 1.807) is 0 Å². The van der Waals surface area contributed by atoms with Crippen LogP contribution in [0.3, 0.4) is 0 Å². The molecule has 1 aliphatic heterocycles. The smallest absolute Gasteiger partial charge is 0.0870 e. The molecular formula is C14H14N2. The molecule has 0 unspecified atom stereocenters. The molecule has 0 amide bonds. The summed E-state index contributed by atoms with van der Waals surface area (Å²) in [4.78, 5) is 2.25. The minimum atomic E-state index is 0.910. The summed E-state index contributed by atoms with van der Waals surface area (Å²) < 4.78 is 0. The molecule has 1 N–H and O–H groups in total. The first-order valence-corrected chi connectivity index (χ1v) is 5.54. The molecule has 16 heavy (non-hydrogen) atoms. The van der Waals surface area contributed by atoms with Gasteiger partial charge in [0, 0.05) is 18.9 Å². The van der Waals surface area contributed by atoms with Crippen molar-refractivity contribution in [1.29, 1.82) is 0 Å². The van der Waals surface area contributed by atoms with E-state index < -0.39 is 0 Å². The molecule has 1 aliphatic rings. The molecule has 2 aromatic carbocycles. The highest BCUT2D eigenvalue weighted by molar-refractivity contribution is 5.82. The normalized spacial score (nSPS) is 14.4. The maximum absolute atomic E-state index is 3.18. The molecule has 3 rings (SSSR count). The molecule has 0 saturated heterocycles. The first kappa shape index (κ1) is 9.28. The van der Waals surface area contributed by atoms with Gasteiger partial charge < -0.3 is 10.2 Å². The Balaban J connectivity index is 1.89. The average molecular weight is 210 g/mol. The van der Waals surface area contributed by atoms with Gasteiger partial charge in [-0.3, -0.25) is 0 Å². The number of rotatable bonds is 2. The molecule has 2 heteroatoms. The van der Waals surface area contributed by atoms with Crippen LogP contribution in [0.25, 0.3) is 10.8 Å². The standard InChI is InChI=1S/C14H14N2/c1-2-4-14-9-12(5-6-13(14)3-1)10-16-8-7-15-11-16/h1-9,15H,10-11H2. The predicted octanol–water partition coefficient (Wildman–Crippen LogP) is 2.67. The summed E-state index contributed by atoms with van der Waals surface area (Å²) in [5, 5.41) is 5.80. The van der Waals surface area contributed by atoms with Gasteiger partial charge in [-0.15, -0.1) is 0 Å².